The van der Waals surface area contributed by atoms with Crippen molar-refractivity contribution in [2.75, 3.05) is 0 Å². The van der Waals surface area contributed by atoms with Gasteiger partial charge in [-0.3, -0.25) is 0 Å². The van der Waals surface area contributed by atoms with Gasteiger partial charge < -0.3 is 4.42 Å². The Morgan fingerprint density at radius 3 is 1.63 bits per heavy atom. The summed E-state index contributed by atoms with van der Waals surface area (Å²) in [5, 5.41) is 6.97. The molecule has 0 amide bonds. The van der Waals surface area contributed by atoms with Crippen LogP contribution in [0.15, 0.2) is 180 Å². The van der Waals surface area contributed by atoms with Gasteiger partial charge in [-0.2, -0.15) is 0 Å². The van der Waals surface area contributed by atoms with Crippen molar-refractivity contribution in [1.29, 1.82) is 0 Å². The Bertz CT molecular complexity index is 2860. The number of fused-ring (bicyclic) bond motifs is 6. The van der Waals surface area contributed by atoms with E-state index in [1.165, 1.54) is 27.1 Å². The van der Waals surface area contributed by atoms with Crippen LogP contribution in [0.25, 0.3) is 99.9 Å². The first kappa shape index (κ1) is 29.0. The molecule has 0 N–H and O–H groups in total. The van der Waals surface area contributed by atoms with Crippen molar-refractivity contribution in [2.24, 2.45) is 0 Å². The minimum absolute atomic E-state index is 0.595. The maximum absolute atomic E-state index is 6.56. The zero-order valence-corrected chi connectivity index (χ0v) is 27.5. The van der Waals surface area contributed by atoms with Gasteiger partial charge in [0.1, 0.15) is 11.2 Å². The molecule has 0 fully saturated rings. The van der Waals surface area contributed by atoms with Gasteiger partial charge in [-0.1, -0.05) is 146 Å². The minimum atomic E-state index is 0.595. The average Bonchev–Trinajstić information content (AvgIpc) is 3.59. The molecule has 2 aromatic heterocycles. The number of hydrogen-bond donors (Lipinski definition) is 0. The predicted octanol–water partition coefficient (Wildman–Crippen LogP) is 12.4. The molecule has 51 heavy (non-hydrogen) atoms. The van der Waals surface area contributed by atoms with Gasteiger partial charge in [-0.25, -0.2) is 15.0 Å². The normalized spacial score (nSPS) is 11.5. The van der Waals surface area contributed by atoms with Crippen molar-refractivity contribution >= 4 is 43.5 Å². The molecule has 4 nitrogen and oxygen atoms in total. The van der Waals surface area contributed by atoms with E-state index in [0.717, 1.165) is 55.3 Å². The van der Waals surface area contributed by atoms with Crippen LogP contribution in [0.1, 0.15) is 0 Å². The molecule has 0 unspecified atom stereocenters. The maximum atomic E-state index is 6.56. The summed E-state index contributed by atoms with van der Waals surface area (Å²) in [6, 6.07) is 61.1. The van der Waals surface area contributed by atoms with Gasteiger partial charge in [-0.15, -0.1) is 0 Å². The number of nitrogens with zero attached hydrogens (tertiary/aromatic N) is 3. The maximum Gasteiger partial charge on any atom is 0.164 e. The Morgan fingerprint density at radius 2 is 0.882 bits per heavy atom. The van der Waals surface area contributed by atoms with E-state index in [-0.39, 0.29) is 0 Å². The topological polar surface area (TPSA) is 51.8 Å². The third-order valence-electron chi connectivity index (χ3n) is 9.69. The molecular weight excluding hydrogens is 623 g/mol. The number of rotatable bonds is 5. The van der Waals surface area contributed by atoms with Crippen molar-refractivity contribution in [3.8, 4) is 56.4 Å². The first-order valence-electron chi connectivity index (χ1n) is 17.1. The van der Waals surface area contributed by atoms with Crippen molar-refractivity contribution in [3.05, 3.63) is 176 Å². The van der Waals surface area contributed by atoms with E-state index in [4.69, 9.17) is 19.4 Å². The average molecular weight is 652 g/mol. The fourth-order valence-corrected chi connectivity index (χ4v) is 7.29. The van der Waals surface area contributed by atoms with Crippen molar-refractivity contribution < 1.29 is 4.42 Å². The fraction of sp³-hybridized carbons (Fsp3) is 0. The number of hydrogen-bond acceptors (Lipinski definition) is 4. The molecule has 0 aliphatic heterocycles. The Hall–Kier alpha value is -6.91. The van der Waals surface area contributed by atoms with Crippen LogP contribution in [-0.2, 0) is 0 Å². The van der Waals surface area contributed by atoms with Crippen molar-refractivity contribution in [1.82, 2.24) is 15.0 Å². The zero-order chi connectivity index (χ0) is 33.7. The van der Waals surface area contributed by atoms with Gasteiger partial charge in [0.15, 0.2) is 17.5 Å². The lowest BCUT2D eigenvalue weighted by Gasteiger charge is -2.13. The lowest BCUT2D eigenvalue weighted by molar-refractivity contribution is 0.669. The molecule has 0 saturated carbocycles. The Balaban J connectivity index is 1.21. The summed E-state index contributed by atoms with van der Waals surface area (Å²) in [6.45, 7) is 0. The highest BCUT2D eigenvalue weighted by Crippen LogP contribution is 2.41. The highest BCUT2D eigenvalue weighted by molar-refractivity contribution is 6.15. The summed E-state index contributed by atoms with van der Waals surface area (Å²) in [6.07, 6.45) is 0. The Labute approximate surface area is 294 Å². The monoisotopic (exact) mass is 651 g/mol. The highest BCUT2D eigenvalue weighted by atomic mass is 16.3. The molecule has 238 valence electrons. The quantitative estimate of drug-likeness (QED) is 0.174. The summed E-state index contributed by atoms with van der Waals surface area (Å²) >= 11 is 0. The predicted molar refractivity (Wildman–Crippen MR) is 209 cm³/mol. The van der Waals surface area contributed by atoms with E-state index in [9.17, 15) is 0 Å². The first-order chi connectivity index (χ1) is 25.3. The molecule has 0 atom stereocenters. The Kier molecular flexibility index (Phi) is 6.78. The lowest BCUT2D eigenvalue weighted by atomic mass is 9.91. The van der Waals surface area contributed by atoms with Gasteiger partial charge in [0.05, 0.1) is 0 Å². The van der Waals surface area contributed by atoms with Crippen LogP contribution in [-0.4, -0.2) is 15.0 Å². The number of para-hydroxylation sites is 1. The van der Waals surface area contributed by atoms with Crippen LogP contribution < -0.4 is 0 Å². The molecule has 0 radical (unpaired) electrons. The highest BCUT2D eigenvalue weighted by Gasteiger charge is 2.20. The summed E-state index contributed by atoms with van der Waals surface area (Å²) in [5.41, 5.74) is 8.81. The van der Waals surface area contributed by atoms with E-state index in [1.807, 2.05) is 78.9 Å². The minimum Gasteiger partial charge on any atom is -0.456 e. The summed E-state index contributed by atoms with van der Waals surface area (Å²) in [5.74, 6) is 1.84. The van der Waals surface area contributed by atoms with Gasteiger partial charge in [-0.05, 0) is 74.1 Å². The second-order valence-corrected chi connectivity index (χ2v) is 12.8. The first-order valence-corrected chi connectivity index (χ1v) is 17.1. The third kappa shape index (κ3) is 5.04. The van der Waals surface area contributed by atoms with Gasteiger partial charge in [0.2, 0.25) is 0 Å². The van der Waals surface area contributed by atoms with Gasteiger partial charge in [0, 0.05) is 27.5 Å². The number of aromatic nitrogens is 3. The number of furan rings is 1. The van der Waals surface area contributed by atoms with E-state index in [0.29, 0.717) is 17.5 Å². The zero-order valence-electron chi connectivity index (χ0n) is 27.5. The molecule has 0 aliphatic rings. The van der Waals surface area contributed by atoms with E-state index in [2.05, 4.69) is 97.1 Å². The van der Waals surface area contributed by atoms with E-state index in [1.54, 1.807) is 0 Å². The lowest BCUT2D eigenvalue weighted by Crippen LogP contribution is -2.00. The van der Waals surface area contributed by atoms with Crippen LogP contribution in [0, 0.1) is 0 Å². The van der Waals surface area contributed by atoms with Crippen molar-refractivity contribution in [2.45, 2.75) is 0 Å². The van der Waals surface area contributed by atoms with E-state index < -0.39 is 0 Å². The van der Waals surface area contributed by atoms with Crippen LogP contribution in [0.3, 0.4) is 0 Å². The summed E-state index contributed by atoms with van der Waals surface area (Å²) < 4.78 is 6.56. The SMILES string of the molecule is c1ccc(-c2nc(-c3ccccc3)nc(-c3cc(-c4cccc(-c5cc6ccccc6c6ccccc56)c4)cc4oc5ccccc5c34)n2)cc1. The second-order valence-electron chi connectivity index (χ2n) is 12.8. The Morgan fingerprint density at radius 1 is 0.314 bits per heavy atom. The summed E-state index contributed by atoms with van der Waals surface area (Å²) in [4.78, 5) is 15.2. The largest absolute Gasteiger partial charge is 0.456 e. The molecule has 0 saturated heterocycles. The summed E-state index contributed by atoms with van der Waals surface area (Å²) in [7, 11) is 0. The van der Waals surface area contributed by atoms with Crippen LogP contribution in [0.2, 0.25) is 0 Å². The van der Waals surface area contributed by atoms with Gasteiger partial charge in [0.25, 0.3) is 0 Å². The van der Waals surface area contributed by atoms with Crippen molar-refractivity contribution in [3.63, 3.8) is 0 Å². The molecule has 0 aliphatic carbocycles. The standard InChI is InChI=1S/C47H29N3O/c1-3-14-30(15-4-1)45-48-46(31-16-5-2-6-17-31)50-47(49-45)41-28-35(29-43-44(41)39-24-11-12-25-42(39)51-43)32-19-13-20-33(26-32)40-27-34-18-7-8-21-36(34)37-22-9-10-23-38(37)40/h1-29H. The van der Waals surface area contributed by atoms with E-state index >= 15 is 0 Å². The van der Waals surface area contributed by atoms with Crippen LogP contribution in [0.4, 0.5) is 0 Å². The molecule has 10 rings (SSSR count). The molecule has 8 aromatic carbocycles. The molecule has 4 heteroatoms. The van der Waals surface area contributed by atoms with Crippen LogP contribution in [0.5, 0.6) is 0 Å². The van der Waals surface area contributed by atoms with Crippen LogP contribution >= 0.6 is 0 Å². The molecule has 0 spiro atoms. The second kappa shape index (κ2) is 11.9. The molecular formula is C47H29N3O. The smallest absolute Gasteiger partial charge is 0.164 e. The fourth-order valence-electron chi connectivity index (χ4n) is 7.29. The number of benzene rings is 8. The third-order valence-corrected chi connectivity index (χ3v) is 9.69. The molecule has 2 heterocycles. The molecule has 10 aromatic rings. The van der Waals surface area contributed by atoms with Gasteiger partial charge >= 0.3 is 0 Å². The molecule has 0 bridgehead atoms.